The quantitative estimate of drug-likeness (QED) is 0.627. The average molecular weight is 411 g/mol. The van der Waals surface area contributed by atoms with Crippen LogP contribution in [0, 0.1) is 0 Å². The van der Waals surface area contributed by atoms with Crippen molar-refractivity contribution in [3.63, 3.8) is 0 Å². The second-order valence-corrected chi connectivity index (χ2v) is 6.94. The maximum atomic E-state index is 12.7. The van der Waals surface area contributed by atoms with Crippen molar-refractivity contribution in [1.29, 1.82) is 0 Å². The van der Waals surface area contributed by atoms with Gasteiger partial charge in [-0.2, -0.15) is 0 Å². The van der Waals surface area contributed by atoms with Gasteiger partial charge < -0.3 is 5.73 Å². The molecule has 0 radical (unpaired) electrons. The van der Waals surface area contributed by atoms with Gasteiger partial charge in [-0.25, -0.2) is 0 Å². The van der Waals surface area contributed by atoms with Crippen LogP contribution in [-0.2, 0) is 23.3 Å². The molecule has 26 heavy (non-hydrogen) atoms. The largest absolute Gasteiger partial charge is 0.368 e. The third-order valence-electron chi connectivity index (χ3n) is 4.27. The summed E-state index contributed by atoms with van der Waals surface area (Å²) < 4.78 is 0.888. The molecule has 5 nitrogen and oxygen atoms in total. The number of nitrogens with one attached hydrogen (secondary N) is 1. The van der Waals surface area contributed by atoms with Gasteiger partial charge in [0.15, 0.2) is 0 Å². The Hall–Kier alpha value is -2.57. The minimum absolute atomic E-state index is 0.418. The van der Waals surface area contributed by atoms with Crippen molar-refractivity contribution in [2.45, 2.75) is 18.5 Å². The van der Waals surface area contributed by atoms with E-state index in [1.165, 1.54) is 0 Å². The van der Waals surface area contributed by atoms with Crippen LogP contribution in [0.2, 0.25) is 0 Å². The van der Waals surface area contributed by atoms with Gasteiger partial charge in [-0.15, -0.1) is 0 Å². The normalized spacial score (nSPS) is 13.1. The molecule has 1 atom stereocenters. The van der Waals surface area contributed by atoms with Gasteiger partial charge in [0.1, 0.15) is 5.54 Å². The molecule has 0 aliphatic rings. The van der Waals surface area contributed by atoms with Crippen LogP contribution in [-0.4, -0.2) is 15.9 Å². The highest BCUT2D eigenvalue weighted by Crippen LogP contribution is 2.28. The van der Waals surface area contributed by atoms with Crippen molar-refractivity contribution < 1.29 is 4.79 Å². The van der Waals surface area contributed by atoms with E-state index in [1.807, 2.05) is 48.5 Å². The number of benzene rings is 1. The number of nitrogens with two attached hydrogens (primary N) is 1. The topological polar surface area (TPSA) is 80.9 Å². The number of carbonyl (C=O) groups is 1. The SMILES string of the molecule is NC(=O)C(Cc1ccncc1)(NCc1cccnc1)c1cccc(Br)c1. The first-order valence-electron chi connectivity index (χ1n) is 8.19. The Morgan fingerprint density at radius 2 is 1.85 bits per heavy atom. The molecule has 6 heteroatoms. The van der Waals surface area contributed by atoms with Crippen LogP contribution in [0.3, 0.4) is 0 Å². The summed E-state index contributed by atoms with van der Waals surface area (Å²) in [5.41, 5.74) is 7.61. The standard InChI is InChI=1S/C20H19BrN4O/c21-18-5-1-4-17(11-18)20(19(22)26,12-15-6-9-23-10-7-15)25-14-16-3-2-8-24-13-16/h1-11,13,25H,12,14H2,(H2,22,26). The molecule has 1 aromatic carbocycles. The molecule has 0 spiro atoms. The number of primary amides is 1. The molecule has 0 aliphatic heterocycles. The molecule has 2 heterocycles. The van der Waals surface area contributed by atoms with Gasteiger partial charge in [0.25, 0.3) is 0 Å². The Morgan fingerprint density at radius 1 is 1.04 bits per heavy atom. The van der Waals surface area contributed by atoms with E-state index in [-0.39, 0.29) is 0 Å². The van der Waals surface area contributed by atoms with Gasteiger partial charge in [-0.3, -0.25) is 20.1 Å². The van der Waals surface area contributed by atoms with Gasteiger partial charge in [-0.1, -0.05) is 34.1 Å². The minimum Gasteiger partial charge on any atom is -0.368 e. The maximum absolute atomic E-state index is 12.7. The molecule has 0 aliphatic carbocycles. The lowest BCUT2D eigenvalue weighted by Gasteiger charge is -2.33. The van der Waals surface area contributed by atoms with Gasteiger partial charge in [0, 0.05) is 42.2 Å². The molecule has 0 saturated heterocycles. The zero-order chi connectivity index (χ0) is 18.4. The first kappa shape index (κ1) is 18.2. The summed E-state index contributed by atoms with van der Waals surface area (Å²) >= 11 is 3.49. The Balaban J connectivity index is 2.01. The fourth-order valence-corrected chi connectivity index (χ4v) is 3.30. The van der Waals surface area contributed by atoms with Gasteiger partial charge >= 0.3 is 0 Å². The van der Waals surface area contributed by atoms with Crippen molar-refractivity contribution in [1.82, 2.24) is 15.3 Å². The average Bonchev–Trinajstić information content (AvgIpc) is 2.66. The van der Waals surface area contributed by atoms with E-state index in [2.05, 4.69) is 31.2 Å². The lowest BCUT2D eigenvalue weighted by Crippen LogP contribution is -2.54. The van der Waals surface area contributed by atoms with Crippen LogP contribution in [0.4, 0.5) is 0 Å². The van der Waals surface area contributed by atoms with Crippen LogP contribution in [0.1, 0.15) is 16.7 Å². The predicted octanol–water partition coefficient (Wildman–Crippen LogP) is 2.95. The number of hydrogen-bond donors (Lipinski definition) is 2. The molecule has 3 rings (SSSR count). The Bertz CT molecular complexity index is 873. The van der Waals surface area contributed by atoms with Crippen LogP contribution in [0.5, 0.6) is 0 Å². The van der Waals surface area contributed by atoms with E-state index < -0.39 is 11.4 Å². The van der Waals surface area contributed by atoms with Gasteiger partial charge in [0.2, 0.25) is 5.91 Å². The number of aromatic nitrogens is 2. The molecule has 2 aromatic heterocycles. The molecule has 3 aromatic rings. The first-order chi connectivity index (χ1) is 12.6. The maximum Gasteiger partial charge on any atom is 0.242 e. The van der Waals surface area contributed by atoms with Crippen LogP contribution < -0.4 is 11.1 Å². The summed E-state index contributed by atoms with van der Waals surface area (Å²) in [6, 6.07) is 15.3. The fourth-order valence-electron chi connectivity index (χ4n) is 2.90. The summed E-state index contributed by atoms with van der Waals surface area (Å²) in [4.78, 5) is 20.8. The molecule has 132 valence electrons. The minimum atomic E-state index is -1.05. The number of amides is 1. The van der Waals surface area contributed by atoms with Crippen molar-refractivity contribution in [2.75, 3.05) is 0 Å². The number of nitrogens with zero attached hydrogens (tertiary/aromatic N) is 2. The highest BCUT2D eigenvalue weighted by atomic mass is 79.9. The fraction of sp³-hybridized carbons (Fsp3) is 0.150. The van der Waals surface area contributed by atoms with E-state index in [0.717, 1.165) is 21.2 Å². The number of pyridine rings is 2. The third-order valence-corrected chi connectivity index (χ3v) is 4.77. The number of hydrogen-bond acceptors (Lipinski definition) is 4. The van der Waals surface area contributed by atoms with Gasteiger partial charge in [-0.05, 0) is 47.0 Å². The second-order valence-electron chi connectivity index (χ2n) is 6.03. The van der Waals surface area contributed by atoms with Crippen molar-refractivity contribution >= 4 is 21.8 Å². The van der Waals surface area contributed by atoms with E-state index in [9.17, 15) is 4.79 Å². The van der Waals surface area contributed by atoms with Crippen molar-refractivity contribution in [3.05, 3.63) is 94.5 Å². The molecular weight excluding hydrogens is 392 g/mol. The number of rotatable bonds is 7. The zero-order valence-corrected chi connectivity index (χ0v) is 15.7. The van der Waals surface area contributed by atoms with Crippen molar-refractivity contribution in [2.24, 2.45) is 5.73 Å². The highest BCUT2D eigenvalue weighted by Gasteiger charge is 2.38. The number of halogens is 1. The molecule has 1 unspecified atom stereocenters. The smallest absolute Gasteiger partial charge is 0.242 e. The molecular formula is C20H19BrN4O. The lowest BCUT2D eigenvalue weighted by atomic mass is 9.83. The Morgan fingerprint density at radius 3 is 2.50 bits per heavy atom. The molecule has 0 saturated carbocycles. The number of carbonyl (C=O) groups excluding carboxylic acids is 1. The predicted molar refractivity (Wildman–Crippen MR) is 104 cm³/mol. The zero-order valence-electron chi connectivity index (χ0n) is 14.1. The highest BCUT2D eigenvalue weighted by molar-refractivity contribution is 9.10. The summed E-state index contributed by atoms with van der Waals surface area (Å²) in [5, 5.41) is 3.39. The van der Waals surface area contributed by atoms with Crippen LogP contribution in [0.25, 0.3) is 0 Å². The van der Waals surface area contributed by atoms with Crippen LogP contribution >= 0.6 is 15.9 Å². The van der Waals surface area contributed by atoms with Crippen LogP contribution in [0.15, 0.2) is 77.8 Å². The Kier molecular flexibility index (Phi) is 5.75. The first-order valence-corrected chi connectivity index (χ1v) is 8.98. The Labute approximate surface area is 160 Å². The van der Waals surface area contributed by atoms with E-state index in [1.54, 1.807) is 24.8 Å². The summed E-state index contributed by atoms with van der Waals surface area (Å²) in [6.07, 6.45) is 7.33. The molecule has 3 N–H and O–H groups in total. The molecule has 0 bridgehead atoms. The van der Waals surface area contributed by atoms with E-state index >= 15 is 0 Å². The van der Waals surface area contributed by atoms with Crippen molar-refractivity contribution in [3.8, 4) is 0 Å². The lowest BCUT2D eigenvalue weighted by molar-refractivity contribution is -0.125. The summed E-state index contributed by atoms with van der Waals surface area (Å²) in [7, 11) is 0. The van der Waals surface area contributed by atoms with E-state index in [0.29, 0.717) is 13.0 Å². The molecule has 0 fully saturated rings. The third kappa shape index (κ3) is 4.15. The monoisotopic (exact) mass is 410 g/mol. The molecule has 1 amide bonds. The van der Waals surface area contributed by atoms with E-state index in [4.69, 9.17) is 5.73 Å². The van der Waals surface area contributed by atoms with Gasteiger partial charge in [0.05, 0.1) is 0 Å². The second kappa shape index (κ2) is 8.21. The summed E-state index contributed by atoms with van der Waals surface area (Å²) in [6.45, 7) is 0.467. The summed E-state index contributed by atoms with van der Waals surface area (Å²) in [5.74, 6) is -0.434.